The van der Waals surface area contributed by atoms with Gasteiger partial charge >= 0.3 is 0 Å². The second-order valence-electron chi connectivity index (χ2n) is 1.99. The van der Waals surface area contributed by atoms with Gasteiger partial charge in [0.1, 0.15) is 5.82 Å². The maximum Gasteiger partial charge on any atom is 0.161 e. The van der Waals surface area contributed by atoms with E-state index in [1.807, 2.05) is 22.6 Å². The number of benzene rings is 1. The number of hydrogen-bond acceptors (Lipinski definition) is 0. The van der Waals surface area contributed by atoms with Crippen molar-refractivity contribution in [2.75, 3.05) is 0 Å². The molecule has 0 unspecified atom stereocenters. The summed E-state index contributed by atoms with van der Waals surface area (Å²) < 4.78 is 37.6. The van der Waals surface area contributed by atoms with E-state index in [9.17, 15) is 13.2 Å². The molecular weight excluding hydrogens is 268 g/mol. The highest BCUT2D eigenvalue weighted by molar-refractivity contribution is 14.1. The fourth-order valence-electron chi connectivity index (χ4n) is 0.666. The first-order chi connectivity index (χ1) is 5.15. The fraction of sp³-hybridized carbons (Fsp3) is 0.143. The van der Waals surface area contributed by atoms with E-state index >= 15 is 0 Å². The SMILES string of the molecule is Fc1cc(F)c(CI)cc1F. The lowest BCUT2D eigenvalue weighted by Crippen LogP contribution is -1.91. The molecule has 0 saturated carbocycles. The third-order valence-corrected chi connectivity index (χ3v) is 2.06. The predicted octanol–water partition coefficient (Wildman–Crippen LogP) is 3.04. The van der Waals surface area contributed by atoms with Gasteiger partial charge in [-0.25, -0.2) is 13.2 Å². The van der Waals surface area contributed by atoms with E-state index in [0.717, 1.165) is 6.07 Å². The molecular formula is C7H4F3I. The first-order valence-corrected chi connectivity index (χ1v) is 4.37. The Balaban J connectivity index is 3.21. The van der Waals surface area contributed by atoms with Gasteiger partial charge in [0.15, 0.2) is 11.6 Å². The standard InChI is InChI=1S/C7H4F3I/c8-5-2-7(10)6(9)1-4(5)3-11/h1-2H,3H2. The van der Waals surface area contributed by atoms with Crippen molar-refractivity contribution in [3.8, 4) is 0 Å². The first-order valence-electron chi connectivity index (χ1n) is 2.84. The zero-order valence-electron chi connectivity index (χ0n) is 5.37. The zero-order valence-corrected chi connectivity index (χ0v) is 7.53. The van der Waals surface area contributed by atoms with Gasteiger partial charge in [0.05, 0.1) is 0 Å². The summed E-state index contributed by atoms with van der Waals surface area (Å²) in [5.74, 6) is -2.84. The predicted molar refractivity (Wildman–Crippen MR) is 44.0 cm³/mol. The molecule has 11 heavy (non-hydrogen) atoms. The fourth-order valence-corrected chi connectivity index (χ4v) is 1.25. The van der Waals surface area contributed by atoms with Crippen molar-refractivity contribution < 1.29 is 13.2 Å². The molecule has 4 heteroatoms. The van der Waals surface area contributed by atoms with Crippen molar-refractivity contribution in [3.05, 3.63) is 35.1 Å². The van der Waals surface area contributed by atoms with E-state index in [4.69, 9.17) is 0 Å². The van der Waals surface area contributed by atoms with E-state index in [-0.39, 0.29) is 5.56 Å². The Morgan fingerprint density at radius 3 is 2.09 bits per heavy atom. The van der Waals surface area contributed by atoms with Crippen molar-refractivity contribution in [2.24, 2.45) is 0 Å². The Bertz CT molecular complexity index is 273. The molecule has 0 aliphatic heterocycles. The molecule has 1 rings (SSSR count). The minimum atomic E-state index is -1.14. The Morgan fingerprint density at radius 2 is 1.55 bits per heavy atom. The molecule has 0 saturated heterocycles. The molecule has 0 fully saturated rings. The van der Waals surface area contributed by atoms with Crippen molar-refractivity contribution in [1.82, 2.24) is 0 Å². The molecule has 1 aromatic carbocycles. The molecule has 0 N–H and O–H groups in total. The summed E-state index contributed by atoms with van der Waals surface area (Å²) in [6.07, 6.45) is 0. The maximum absolute atomic E-state index is 12.6. The van der Waals surface area contributed by atoms with Gasteiger partial charge in [-0.1, -0.05) is 22.6 Å². The summed E-state index contributed by atoms with van der Waals surface area (Å²) >= 11 is 1.88. The van der Waals surface area contributed by atoms with Crippen LogP contribution >= 0.6 is 22.6 Å². The molecule has 60 valence electrons. The maximum atomic E-state index is 12.6. The quantitative estimate of drug-likeness (QED) is 0.419. The van der Waals surface area contributed by atoms with Crippen LogP contribution in [-0.2, 0) is 4.43 Å². The minimum Gasteiger partial charge on any atom is -0.207 e. The van der Waals surface area contributed by atoms with Crippen molar-refractivity contribution in [2.45, 2.75) is 4.43 Å². The lowest BCUT2D eigenvalue weighted by molar-refractivity contribution is 0.492. The van der Waals surface area contributed by atoms with Gasteiger partial charge in [0.2, 0.25) is 0 Å². The van der Waals surface area contributed by atoms with Crippen molar-refractivity contribution >= 4 is 22.6 Å². The van der Waals surface area contributed by atoms with E-state index < -0.39 is 17.5 Å². The molecule has 0 nitrogen and oxygen atoms in total. The molecule has 0 aliphatic carbocycles. The summed E-state index contributed by atoms with van der Waals surface area (Å²) in [5, 5.41) is 0. The molecule has 0 radical (unpaired) electrons. The van der Waals surface area contributed by atoms with E-state index in [1.165, 1.54) is 0 Å². The van der Waals surface area contributed by atoms with Crippen LogP contribution in [0.5, 0.6) is 0 Å². The van der Waals surface area contributed by atoms with E-state index in [1.54, 1.807) is 0 Å². The highest BCUT2D eigenvalue weighted by Gasteiger charge is 2.07. The summed E-state index contributed by atoms with van der Waals surface area (Å²) in [5.41, 5.74) is 0.185. The largest absolute Gasteiger partial charge is 0.207 e. The van der Waals surface area contributed by atoms with Gasteiger partial charge in [-0.05, 0) is 6.07 Å². The van der Waals surface area contributed by atoms with Crippen LogP contribution in [-0.4, -0.2) is 0 Å². The molecule has 1 aromatic rings. The Labute approximate surface area is 75.6 Å². The average molecular weight is 272 g/mol. The molecule has 0 amide bonds. The molecule has 0 bridgehead atoms. The Morgan fingerprint density at radius 1 is 1.00 bits per heavy atom. The highest BCUT2D eigenvalue weighted by atomic mass is 127. The Kier molecular flexibility index (Phi) is 2.75. The van der Waals surface area contributed by atoms with Crippen LogP contribution in [0.2, 0.25) is 0 Å². The number of hydrogen-bond donors (Lipinski definition) is 0. The van der Waals surface area contributed by atoms with E-state index in [0.29, 0.717) is 10.5 Å². The van der Waals surface area contributed by atoms with Crippen molar-refractivity contribution in [1.29, 1.82) is 0 Å². The second kappa shape index (κ2) is 3.42. The zero-order chi connectivity index (χ0) is 8.43. The van der Waals surface area contributed by atoms with Crippen LogP contribution in [0.15, 0.2) is 12.1 Å². The van der Waals surface area contributed by atoms with E-state index in [2.05, 4.69) is 0 Å². The summed E-state index contributed by atoms with van der Waals surface area (Å²) in [6, 6.07) is 1.43. The average Bonchev–Trinajstić information content (AvgIpc) is 1.97. The molecule has 0 aromatic heterocycles. The summed E-state index contributed by atoms with van der Waals surface area (Å²) in [4.78, 5) is 0. The monoisotopic (exact) mass is 272 g/mol. The number of alkyl halides is 1. The Hall–Kier alpha value is -0.260. The lowest BCUT2D eigenvalue weighted by atomic mass is 10.2. The highest BCUT2D eigenvalue weighted by Crippen LogP contribution is 2.15. The first kappa shape index (κ1) is 8.83. The smallest absolute Gasteiger partial charge is 0.161 e. The second-order valence-corrected chi connectivity index (χ2v) is 2.75. The lowest BCUT2D eigenvalue weighted by Gasteiger charge is -1.98. The summed E-state index contributed by atoms with van der Waals surface area (Å²) in [6.45, 7) is 0. The number of halogens is 4. The van der Waals surface area contributed by atoms with Gasteiger partial charge in [-0.3, -0.25) is 0 Å². The van der Waals surface area contributed by atoms with Crippen molar-refractivity contribution in [3.63, 3.8) is 0 Å². The number of rotatable bonds is 1. The van der Waals surface area contributed by atoms with Crippen LogP contribution in [0.25, 0.3) is 0 Å². The third-order valence-electron chi connectivity index (χ3n) is 1.23. The van der Waals surface area contributed by atoms with Gasteiger partial charge in [-0.2, -0.15) is 0 Å². The topological polar surface area (TPSA) is 0 Å². The molecule has 0 spiro atoms. The van der Waals surface area contributed by atoms with Gasteiger partial charge in [0.25, 0.3) is 0 Å². The van der Waals surface area contributed by atoms with Crippen LogP contribution in [0, 0.1) is 17.5 Å². The van der Waals surface area contributed by atoms with Gasteiger partial charge in [-0.15, -0.1) is 0 Å². The van der Waals surface area contributed by atoms with Crippen LogP contribution in [0.4, 0.5) is 13.2 Å². The van der Waals surface area contributed by atoms with Gasteiger partial charge in [0, 0.05) is 16.1 Å². The summed E-state index contributed by atoms with van der Waals surface area (Å²) in [7, 11) is 0. The van der Waals surface area contributed by atoms with Crippen LogP contribution < -0.4 is 0 Å². The third kappa shape index (κ3) is 1.85. The molecule has 0 aliphatic rings. The van der Waals surface area contributed by atoms with Crippen LogP contribution in [0.1, 0.15) is 5.56 Å². The van der Waals surface area contributed by atoms with Crippen LogP contribution in [0.3, 0.4) is 0 Å². The molecule has 0 heterocycles. The van der Waals surface area contributed by atoms with Gasteiger partial charge < -0.3 is 0 Å². The minimum absolute atomic E-state index is 0.185. The molecule has 0 atom stereocenters. The normalized spacial score (nSPS) is 10.2.